The first-order chi connectivity index (χ1) is 27.7. The molecule has 0 aliphatic heterocycles. The van der Waals surface area contributed by atoms with E-state index in [-0.39, 0.29) is 34.0 Å². The summed E-state index contributed by atoms with van der Waals surface area (Å²) in [6, 6.07) is 21.2. The second-order valence-corrected chi connectivity index (χ2v) is 16.2. The molecule has 12 nitrogen and oxygen atoms in total. The number of aryl methyl sites for hydroxylation is 4. The quantitative estimate of drug-likeness (QED) is 0.114. The molecule has 2 amide bonds. The number of halogens is 2. The van der Waals surface area contributed by atoms with Gasteiger partial charge in [-0.25, -0.2) is 19.6 Å². The monoisotopic (exact) mass is 896 g/mol. The molecule has 0 radical (unpaired) electrons. The van der Waals surface area contributed by atoms with E-state index in [1.54, 1.807) is 47.2 Å². The van der Waals surface area contributed by atoms with E-state index in [0.717, 1.165) is 43.3 Å². The molecule has 6 heterocycles. The van der Waals surface area contributed by atoms with Crippen molar-refractivity contribution in [3.05, 3.63) is 138 Å². The molecule has 0 atom stereocenters. The number of hydrogen-bond donors (Lipinski definition) is 4. The van der Waals surface area contributed by atoms with Crippen molar-refractivity contribution < 1.29 is 38.2 Å². The summed E-state index contributed by atoms with van der Waals surface area (Å²) >= 11 is 11.8. The summed E-state index contributed by atoms with van der Waals surface area (Å²) in [6.07, 6.45) is 0. The van der Waals surface area contributed by atoms with E-state index in [1.807, 2.05) is 64.1 Å². The Morgan fingerprint density at radius 2 is 1.03 bits per heavy atom. The smallest absolute Gasteiger partial charge is 0.339 e. The third-order valence-electron chi connectivity index (χ3n) is 8.85. The number of furan rings is 2. The zero-order chi connectivity index (χ0) is 41.4. The van der Waals surface area contributed by atoms with Crippen LogP contribution in [0.3, 0.4) is 0 Å². The minimum Gasteiger partial charge on any atom is -0.478 e. The van der Waals surface area contributed by atoms with Crippen LogP contribution in [0, 0.1) is 27.7 Å². The molecular weight excluding hydrogens is 868 g/mol. The number of fused-ring (bicyclic) bond motifs is 2. The fourth-order valence-electron chi connectivity index (χ4n) is 6.20. The summed E-state index contributed by atoms with van der Waals surface area (Å²) in [7, 11) is 0. The van der Waals surface area contributed by atoms with E-state index in [4.69, 9.17) is 20.4 Å². The molecule has 0 bridgehead atoms. The molecule has 16 heteroatoms. The minimum absolute atomic E-state index is 0.0203. The molecule has 0 unspecified atom stereocenters. The number of benzene rings is 2. The molecule has 292 valence electrons. The summed E-state index contributed by atoms with van der Waals surface area (Å²) in [5, 5.41) is 30.0. The Morgan fingerprint density at radius 3 is 1.43 bits per heavy atom. The first-order valence-electron chi connectivity index (χ1n) is 17.3. The Labute approximate surface area is 351 Å². The summed E-state index contributed by atoms with van der Waals surface area (Å²) < 4.78 is 12.1. The highest BCUT2D eigenvalue weighted by Gasteiger charge is 2.25. The van der Waals surface area contributed by atoms with Gasteiger partial charge in [0, 0.05) is 42.4 Å². The molecule has 0 aliphatic rings. The van der Waals surface area contributed by atoms with Gasteiger partial charge < -0.3 is 29.7 Å². The molecule has 58 heavy (non-hydrogen) atoms. The lowest BCUT2D eigenvalue weighted by Gasteiger charge is -2.05. The van der Waals surface area contributed by atoms with Crippen molar-refractivity contribution in [2.45, 2.75) is 27.7 Å². The van der Waals surface area contributed by atoms with Gasteiger partial charge in [-0.2, -0.15) is 0 Å². The van der Waals surface area contributed by atoms with Gasteiger partial charge in [0.15, 0.2) is 11.5 Å². The summed E-state index contributed by atoms with van der Waals surface area (Å²) in [5.41, 5.74) is 6.20. The van der Waals surface area contributed by atoms with Gasteiger partial charge in [0.05, 0.1) is 21.1 Å². The number of rotatable bonds is 8. The number of nitrogens with zero attached hydrogens (tertiary/aromatic N) is 2. The lowest BCUT2D eigenvalue weighted by molar-refractivity contribution is 0.0688. The Hall–Kier alpha value is -6.13. The molecule has 0 saturated heterocycles. The van der Waals surface area contributed by atoms with Gasteiger partial charge in [0.25, 0.3) is 11.8 Å². The fourth-order valence-corrected chi connectivity index (χ4v) is 8.59. The number of carboxylic acids is 2. The van der Waals surface area contributed by atoms with E-state index in [2.05, 4.69) is 36.5 Å². The maximum absolute atomic E-state index is 12.7. The highest BCUT2D eigenvalue weighted by atomic mass is 79.9. The number of anilines is 2. The number of carbonyl (C=O) groups excluding carboxylic acids is 2. The van der Waals surface area contributed by atoms with Gasteiger partial charge in [-0.05, 0) is 98.5 Å². The predicted molar refractivity (Wildman–Crippen MR) is 229 cm³/mol. The Bertz CT molecular complexity index is 2720. The number of hydrogen-bond acceptors (Lipinski definition) is 10. The summed E-state index contributed by atoms with van der Waals surface area (Å²) in [4.78, 5) is 58.9. The van der Waals surface area contributed by atoms with Gasteiger partial charge in [0.1, 0.15) is 11.1 Å². The number of pyridine rings is 2. The van der Waals surface area contributed by atoms with Gasteiger partial charge in [-0.3, -0.25) is 9.59 Å². The van der Waals surface area contributed by atoms with Crippen molar-refractivity contribution in [3.8, 4) is 20.9 Å². The molecule has 2 aromatic carbocycles. The van der Waals surface area contributed by atoms with Crippen molar-refractivity contribution >= 4 is 108 Å². The Balaban J connectivity index is 0.000000177. The number of carbonyl (C=O) groups is 4. The van der Waals surface area contributed by atoms with Crippen molar-refractivity contribution in [2.75, 3.05) is 10.6 Å². The standard InChI is InChI=1S/C21H15BrN2O4S.C21H15ClN2O4S/c2*1-10-7-11(2)23-20-14(10)8-16(28-20)19(25)24-15-9-29-18(17(15)21(26)27)12-3-5-13(22)6-4-12/h2*3-9H,1-2H3,(H,24,25)(H,26,27). The van der Waals surface area contributed by atoms with Crippen LogP contribution in [0.15, 0.2) is 96.9 Å². The van der Waals surface area contributed by atoms with Crippen molar-refractivity contribution in [1.29, 1.82) is 0 Å². The van der Waals surface area contributed by atoms with Gasteiger partial charge in [0.2, 0.25) is 11.4 Å². The summed E-state index contributed by atoms with van der Waals surface area (Å²) in [5.74, 6) is -3.17. The molecule has 8 aromatic rings. The van der Waals surface area contributed by atoms with Crippen LogP contribution in [0.25, 0.3) is 43.1 Å². The fraction of sp³-hybridized carbons (Fsp3) is 0.0952. The van der Waals surface area contributed by atoms with Crippen LogP contribution in [0.2, 0.25) is 5.02 Å². The SMILES string of the molecule is Cc1cc(C)c2cc(C(=O)Nc3csc(-c4ccc(Br)cc4)c3C(=O)O)oc2n1.Cc1cc(C)c2cc(C(=O)Nc3csc(-c4ccc(Cl)cc4)c3C(=O)O)oc2n1. The average molecular weight is 898 g/mol. The first kappa shape index (κ1) is 40.1. The molecule has 0 aliphatic carbocycles. The molecule has 6 aromatic heterocycles. The zero-order valence-electron chi connectivity index (χ0n) is 30.9. The second-order valence-electron chi connectivity index (χ2n) is 13.1. The van der Waals surface area contributed by atoms with Gasteiger partial charge >= 0.3 is 11.9 Å². The highest BCUT2D eigenvalue weighted by Crippen LogP contribution is 2.38. The zero-order valence-corrected chi connectivity index (χ0v) is 34.9. The van der Waals surface area contributed by atoms with E-state index in [1.165, 1.54) is 22.7 Å². The average Bonchev–Trinajstić information content (AvgIpc) is 3.98. The summed E-state index contributed by atoms with van der Waals surface area (Å²) in [6.45, 7) is 7.52. The van der Waals surface area contributed by atoms with Crippen LogP contribution in [-0.2, 0) is 0 Å². The molecule has 0 spiro atoms. The number of carboxylic acid groups (broad SMARTS) is 2. The van der Waals surface area contributed by atoms with Crippen LogP contribution in [0.5, 0.6) is 0 Å². The number of thiophene rings is 2. The Kier molecular flexibility index (Phi) is 11.3. The number of aromatic carboxylic acids is 2. The topological polar surface area (TPSA) is 185 Å². The lowest BCUT2D eigenvalue weighted by atomic mass is 10.1. The minimum atomic E-state index is -1.13. The predicted octanol–water partition coefficient (Wildman–Crippen LogP) is 11.7. The van der Waals surface area contributed by atoms with Crippen LogP contribution >= 0.6 is 50.2 Å². The number of amides is 2. The normalized spacial score (nSPS) is 11.0. The second kappa shape index (κ2) is 16.4. The maximum Gasteiger partial charge on any atom is 0.339 e. The third-order valence-corrected chi connectivity index (χ3v) is 11.7. The van der Waals surface area contributed by atoms with E-state index >= 15 is 0 Å². The number of aromatic nitrogens is 2. The first-order valence-corrected chi connectivity index (χ1v) is 20.2. The van der Waals surface area contributed by atoms with Crippen molar-refractivity contribution in [1.82, 2.24) is 9.97 Å². The molecule has 0 saturated carbocycles. The molecule has 4 N–H and O–H groups in total. The maximum atomic E-state index is 12.7. The van der Waals surface area contributed by atoms with Gasteiger partial charge in [-0.15, -0.1) is 22.7 Å². The van der Waals surface area contributed by atoms with E-state index in [0.29, 0.717) is 31.8 Å². The van der Waals surface area contributed by atoms with Gasteiger partial charge in [-0.1, -0.05) is 51.8 Å². The highest BCUT2D eigenvalue weighted by molar-refractivity contribution is 9.10. The van der Waals surface area contributed by atoms with Crippen LogP contribution < -0.4 is 10.6 Å². The van der Waals surface area contributed by atoms with Crippen LogP contribution in [0.4, 0.5) is 11.4 Å². The lowest BCUT2D eigenvalue weighted by Crippen LogP contribution is -2.13. The van der Waals surface area contributed by atoms with E-state index in [9.17, 15) is 29.4 Å². The largest absolute Gasteiger partial charge is 0.478 e. The third kappa shape index (κ3) is 8.29. The van der Waals surface area contributed by atoms with Crippen LogP contribution in [-0.4, -0.2) is 43.9 Å². The van der Waals surface area contributed by atoms with E-state index < -0.39 is 23.8 Å². The molecule has 8 rings (SSSR count). The van der Waals surface area contributed by atoms with Crippen molar-refractivity contribution in [2.24, 2.45) is 0 Å². The number of nitrogens with one attached hydrogen (secondary N) is 2. The molecular formula is C42H30BrClN4O8S2. The van der Waals surface area contributed by atoms with Crippen LogP contribution in [0.1, 0.15) is 64.3 Å². The molecule has 0 fully saturated rings. The Morgan fingerprint density at radius 1 is 0.638 bits per heavy atom. The van der Waals surface area contributed by atoms with Crippen molar-refractivity contribution in [3.63, 3.8) is 0 Å².